The third kappa shape index (κ3) is 2.06. The molecule has 3 heterocycles. The van der Waals surface area contributed by atoms with Gasteiger partial charge in [-0.2, -0.15) is 4.98 Å². The number of fused-ring (bicyclic) bond motifs is 1. The average Bonchev–Trinajstić information content (AvgIpc) is 3.20. The lowest BCUT2D eigenvalue weighted by Gasteiger charge is -2.16. The molecule has 23 heavy (non-hydrogen) atoms. The first kappa shape index (κ1) is 14.6. The summed E-state index contributed by atoms with van der Waals surface area (Å²) in [5.41, 5.74) is 6.08. The van der Waals surface area contributed by atoms with Gasteiger partial charge in [-0.1, -0.05) is 0 Å². The lowest BCUT2D eigenvalue weighted by atomic mass is 10.1. The number of nitrogens with two attached hydrogens (primary N) is 1. The first-order valence-corrected chi connectivity index (χ1v) is 7.40. The SMILES string of the molecule is Nc1c2ncn(C3OC(CO)C(O)C3O)c2nc(=O)n1C1CC1. The molecular formula is C13H17N5O5. The summed E-state index contributed by atoms with van der Waals surface area (Å²) in [6.45, 7) is -0.439. The van der Waals surface area contributed by atoms with Gasteiger partial charge >= 0.3 is 5.69 Å². The molecule has 4 rings (SSSR count). The van der Waals surface area contributed by atoms with Crippen molar-refractivity contribution in [3.8, 4) is 0 Å². The summed E-state index contributed by atoms with van der Waals surface area (Å²) in [6.07, 6.45) is -1.33. The Kier molecular flexibility index (Phi) is 3.17. The Bertz CT molecular complexity index is 813. The van der Waals surface area contributed by atoms with E-state index in [1.165, 1.54) is 15.5 Å². The molecule has 2 aromatic rings. The van der Waals surface area contributed by atoms with E-state index in [-0.39, 0.29) is 17.5 Å². The van der Waals surface area contributed by atoms with Crippen LogP contribution in [0.25, 0.3) is 11.2 Å². The topological polar surface area (TPSA) is 149 Å². The summed E-state index contributed by atoms with van der Waals surface area (Å²) < 4.78 is 8.22. The van der Waals surface area contributed by atoms with Gasteiger partial charge in [-0.3, -0.25) is 9.13 Å². The molecule has 0 spiro atoms. The predicted molar refractivity (Wildman–Crippen MR) is 77.5 cm³/mol. The number of imidazole rings is 1. The maximum absolute atomic E-state index is 12.2. The normalized spacial score (nSPS) is 31.1. The molecular weight excluding hydrogens is 306 g/mol. The molecule has 0 aromatic carbocycles. The summed E-state index contributed by atoms with van der Waals surface area (Å²) in [5, 5.41) is 29.1. The van der Waals surface area contributed by atoms with Gasteiger partial charge in [-0.25, -0.2) is 9.78 Å². The molecule has 2 fully saturated rings. The predicted octanol–water partition coefficient (Wildman–Crippen LogP) is -1.88. The zero-order valence-electron chi connectivity index (χ0n) is 12.1. The number of aliphatic hydroxyl groups is 3. The van der Waals surface area contributed by atoms with Crippen molar-refractivity contribution in [1.82, 2.24) is 19.1 Å². The van der Waals surface area contributed by atoms with Crippen molar-refractivity contribution in [2.45, 2.75) is 43.4 Å². The van der Waals surface area contributed by atoms with E-state index >= 15 is 0 Å². The van der Waals surface area contributed by atoms with Gasteiger partial charge in [0.05, 0.1) is 12.9 Å². The summed E-state index contributed by atoms with van der Waals surface area (Å²) in [6, 6.07) is 0.0680. The van der Waals surface area contributed by atoms with Crippen LogP contribution < -0.4 is 11.4 Å². The second-order valence-electron chi connectivity index (χ2n) is 5.93. The molecule has 4 atom stereocenters. The smallest absolute Gasteiger partial charge is 0.351 e. The largest absolute Gasteiger partial charge is 0.394 e. The van der Waals surface area contributed by atoms with Crippen LogP contribution in [0.5, 0.6) is 0 Å². The quantitative estimate of drug-likeness (QED) is 0.513. The van der Waals surface area contributed by atoms with E-state index < -0.39 is 36.8 Å². The van der Waals surface area contributed by atoms with Gasteiger partial charge in [0.2, 0.25) is 0 Å². The number of aromatic nitrogens is 4. The molecule has 5 N–H and O–H groups in total. The van der Waals surface area contributed by atoms with Crippen LogP contribution in [0.3, 0.4) is 0 Å². The zero-order valence-corrected chi connectivity index (χ0v) is 12.1. The standard InChI is InChI=1S/C13H17N5O5/c14-10-7-11(16-13(22)18(10)5-1-2-5)17(4-15-7)12-9(21)8(20)6(3-19)23-12/h4-6,8-9,12,19-21H,1-3,14H2. The summed E-state index contributed by atoms with van der Waals surface area (Å²) in [7, 11) is 0. The van der Waals surface area contributed by atoms with Gasteiger partial charge in [0, 0.05) is 6.04 Å². The zero-order chi connectivity index (χ0) is 16.3. The molecule has 1 aliphatic heterocycles. The minimum Gasteiger partial charge on any atom is -0.394 e. The van der Waals surface area contributed by atoms with E-state index in [2.05, 4.69) is 9.97 Å². The molecule has 2 aromatic heterocycles. The molecule has 124 valence electrons. The summed E-state index contributed by atoms with van der Waals surface area (Å²) >= 11 is 0. The number of hydrogen-bond acceptors (Lipinski definition) is 8. The first-order valence-electron chi connectivity index (χ1n) is 7.40. The Morgan fingerprint density at radius 2 is 2.09 bits per heavy atom. The Balaban J connectivity index is 1.82. The average molecular weight is 323 g/mol. The van der Waals surface area contributed by atoms with Crippen LogP contribution in [0.2, 0.25) is 0 Å². The van der Waals surface area contributed by atoms with Crippen molar-refractivity contribution in [1.29, 1.82) is 0 Å². The highest BCUT2D eigenvalue weighted by Gasteiger charge is 2.44. The van der Waals surface area contributed by atoms with Gasteiger partial charge in [-0.05, 0) is 12.8 Å². The molecule has 0 amide bonds. The monoisotopic (exact) mass is 323 g/mol. The molecule has 0 bridgehead atoms. The van der Waals surface area contributed by atoms with Crippen LogP contribution in [-0.2, 0) is 4.74 Å². The van der Waals surface area contributed by atoms with Gasteiger partial charge < -0.3 is 25.8 Å². The van der Waals surface area contributed by atoms with E-state index in [1.807, 2.05) is 0 Å². The van der Waals surface area contributed by atoms with E-state index in [1.54, 1.807) is 0 Å². The van der Waals surface area contributed by atoms with Gasteiger partial charge in [0.25, 0.3) is 0 Å². The Morgan fingerprint density at radius 1 is 1.35 bits per heavy atom. The number of rotatable bonds is 3. The van der Waals surface area contributed by atoms with Crippen LogP contribution in [0, 0.1) is 0 Å². The highest BCUT2D eigenvalue weighted by Crippen LogP contribution is 2.37. The fourth-order valence-electron chi connectivity index (χ4n) is 2.99. The van der Waals surface area contributed by atoms with Crippen molar-refractivity contribution in [3.05, 3.63) is 16.8 Å². The molecule has 10 nitrogen and oxygen atoms in total. The maximum Gasteiger partial charge on any atom is 0.351 e. The van der Waals surface area contributed by atoms with Crippen molar-refractivity contribution in [3.63, 3.8) is 0 Å². The lowest BCUT2D eigenvalue weighted by Crippen LogP contribution is -2.33. The van der Waals surface area contributed by atoms with Crippen molar-refractivity contribution in [2.75, 3.05) is 12.3 Å². The highest BCUT2D eigenvalue weighted by molar-refractivity contribution is 5.81. The molecule has 0 radical (unpaired) electrons. The molecule has 1 saturated carbocycles. The van der Waals surface area contributed by atoms with Crippen LogP contribution in [-0.4, -0.2) is 59.3 Å². The first-order chi connectivity index (χ1) is 11.0. The third-order valence-electron chi connectivity index (χ3n) is 4.38. The fraction of sp³-hybridized carbons (Fsp3) is 0.615. The second-order valence-corrected chi connectivity index (χ2v) is 5.93. The van der Waals surface area contributed by atoms with Crippen LogP contribution >= 0.6 is 0 Å². The number of nitrogen functional groups attached to an aromatic ring is 1. The minimum atomic E-state index is -1.28. The van der Waals surface area contributed by atoms with Crippen LogP contribution in [0.15, 0.2) is 11.1 Å². The van der Waals surface area contributed by atoms with Crippen molar-refractivity contribution < 1.29 is 20.1 Å². The van der Waals surface area contributed by atoms with Gasteiger partial charge in [0.1, 0.15) is 29.6 Å². The Morgan fingerprint density at radius 3 is 2.70 bits per heavy atom. The number of ether oxygens (including phenoxy) is 1. The second kappa shape index (κ2) is 4.99. The molecule has 2 aliphatic rings. The Hall–Kier alpha value is -2.01. The maximum atomic E-state index is 12.2. The van der Waals surface area contributed by atoms with E-state index in [0.29, 0.717) is 5.52 Å². The minimum absolute atomic E-state index is 0.0680. The van der Waals surface area contributed by atoms with Crippen molar-refractivity contribution in [2.24, 2.45) is 0 Å². The molecule has 1 saturated heterocycles. The number of anilines is 1. The number of hydrogen-bond donors (Lipinski definition) is 4. The van der Waals surface area contributed by atoms with Crippen LogP contribution in [0.1, 0.15) is 25.1 Å². The third-order valence-corrected chi connectivity index (χ3v) is 4.38. The van der Waals surface area contributed by atoms with E-state index in [4.69, 9.17) is 15.6 Å². The number of aliphatic hydroxyl groups excluding tert-OH is 3. The lowest BCUT2D eigenvalue weighted by molar-refractivity contribution is -0.0511. The van der Waals surface area contributed by atoms with Gasteiger partial charge in [-0.15, -0.1) is 0 Å². The van der Waals surface area contributed by atoms with Crippen molar-refractivity contribution >= 4 is 17.0 Å². The molecule has 1 aliphatic carbocycles. The Labute approximate surface area is 129 Å². The number of nitrogens with zero attached hydrogens (tertiary/aromatic N) is 4. The van der Waals surface area contributed by atoms with E-state index in [9.17, 15) is 15.0 Å². The fourth-order valence-corrected chi connectivity index (χ4v) is 2.99. The molecule has 10 heteroatoms. The molecule has 4 unspecified atom stereocenters. The highest BCUT2D eigenvalue weighted by atomic mass is 16.6. The van der Waals surface area contributed by atoms with Crippen LogP contribution in [0.4, 0.5) is 5.82 Å². The summed E-state index contributed by atoms with van der Waals surface area (Å²) in [5.74, 6) is 0.230. The summed E-state index contributed by atoms with van der Waals surface area (Å²) in [4.78, 5) is 20.4. The van der Waals surface area contributed by atoms with E-state index in [0.717, 1.165) is 12.8 Å². The van der Waals surface area contributed by atoms with Gasteiger partial charge in [0.15, 0.2) is 11.9 Å².